The van der Waals surface area contributed by atoms with Crippen LogP contribution in [0.5, 0.6) is 5.75 Å². The number of anilines is 1. The minimum atomic E-state index is -0.324. The van der Waals surface area contributed by atoms with Crippen molar-refractivity contribution in [1.82, 2.24) is 20.3 Å². The maximum Gasteiger partial charge on any atom is 0.276 e. The number of carbonyl (C=O) groups is 1. The standard InChI is InChI=1S/C20H21N5O2/c1-27-17-12-5-4-11-16(17)25-19(21)18(23-24-25)20(26)22-15-10-6-8-13-7-2-3-9-14(13)15/h2-5,7,9,11-12,15H,6,8,10,21H2,1H3,(H,22,26). The molecule has 138 valence electrons. The molecule has 4 rings (SSSR count). The first-order chi connectivity index (χ1) is 13.2. The number of ether oxygens (including phenoxy) is 1. The molecule has 0 saturated heterocycles. The molecule has 3 aromatic rings. The number of rotatable bonds is 4. The van der Waals surface area contributed by atoms with E-state index in [1.165, 1.54) is 10.2 Å². The van der Waals surface area contributed by atoms with Crippen molar-refractivity contribution in [3.63, 3.8) is 0 Å². The molecule has 27 heavy (non-hydrogen) atoms. The zero-order valence-electron chi connectivity index (χ0n) is 15.1. The predicted molar refractivity (Wildman–Crippen MR) is 102 cm³/mol. The molecule has 0 radical (unpaired) electrons. The Morgan fingerprint density at radius 2 is 2.00 bits per heavy atom. The fraction of sp³-hybridized carbons (Fsp3) is 0.250. The van der Waals surface area contributed by atoms with Crippen molar-refractivity contribution < 1.29 is 9.53 Å². The molecule has 1 aromatic heterocycles. The van der Waals surface area contributed by atoms with Gasteiger partial charge in [-0.15, -0.1) is 5.10 Å². The van der Waals surface area contributed by atoms with Crippen LogP contribution >= 0.6 is 0 Å². The first-order valence-corrected chi connectivity index (χ1v) is 8.92. The van der Waals surface area contributed by atoms with E-state index in [-0.39, 0.29) is 23.5 Å². The quantitative estimate of drug-likeness (QED) is 0.743. The van der Waals surface area contributed by atoms with Crippen LogP contribution in [0.1, 0.15) is 40.5 Å². The maximum atomic E-state index is 12.8. The van der Waals surface area contributed by atoms with Crippen LogP contribution in [-0.4, -0.2) is 28.0 Å². The van der Waals surface area contributed by atoms with E-state index >= 15 is 0 Å². The Morgan fingerprint density at radius 3 is 2.85 bits per heavy atom. The molecule has 7 heteroatoms. The van der Waals surface area contributed by atoms with Gasteiger partial charge in [-0.25, -0.2) is 0 Å². The third kappa shape index (κ3) is 3.12. The van der Waals surface area contributed by atoms with Crippen LogP contribution in [-0.2, 0) is 6.42 Å². The maximum absolute atomic E-state index is 12.8. The zero-order chi connectivity index (χ0) is 18.8. The smallest absolute Gasteiger partial charge is 0.276 e. The van der Waals surface area contributed by atoms with E-state index in [1.54, 1.807) is 13.2 Å². The van der Waals surface area contributed by atoms with Gasteiger partial charge in [-0.3, -0.25) is 4.79 Å². The molecule has 3 N–H and O–H groups in total. The molecule has 0 aliphatic heterocycles. The molecule has 1 unspecified atom stereocenters. The highest BCUT2D eigenvalue weighted by Crippen LogP contribution is 2.30. The third-order valence-corrected chi connectivity index (χ3v) is 4.91. The Bertz CT molecular complexity index is 982. The Kier molecular flexibility index (Phi) is 4.50. The summed E-state index contributed by atoms with van der Waals surface area (Å²) in [6.45, 7) is 0. The molecule has 0 saturated carbocycles. The van der Waals surface area contributed by atoms with Gasteiger partial charge in [-0.2, -0.15) is 4.68 Å². The summed E-state index contributed by atoms with van der Waals surface area (Å²) in [5.41, 5.74) is 9.36. The van der Waals surface area contributed by atoms with Gasteiger partial charge in [0, 0.05) is 0 Å². The predicted octanol–water partition coefficient (Wildman–Crippen LogP) is 2.67. The SMILES string of the molecule is COc1ccccc1-n1nnc(C(=O)NC2CCCc3ccccc32)c1N. The molecular weight excluding hydrogens is 342 g/mol. The molecule has 1 amide bonds. The van der Waals surface area contributed by atoms with Crippen LogP contribution < -0.4 is 15.8 Å². The fourth-order valence-electron chi connectivity index (χ4n) is 3.56. The zero-order valence-corrected chi connectivity index (χ0v) is 15.1. The molecule has 0 fully saturated rings. The van der Waals surface area contributed by atoms with Crippen LogP contribution in [0.4, 0.5) is 5.82 Å². The highest BCUT2D eigenvalue weighted by Gasteiger charge is 2.25. The van der Waals surface area contributed by atoms with Crippen molar-refractivity contribution in [2.45, 2.75) is 25.3 Å². The van der Waals surface area contributed by atoms with Gasteiger partial charge >= 0.3 is 0 Å². The van der Waals surface area contributed by atoms with E-state index < -0.39 is 0 Å². The second kappa shape index (κ2) is 7.11. The van der Waals surface area contributed by atoms with Crippen molar-refractivity contribution in [1.29, 1.82) is 0 Å². The minimum absolute atomic E-state index is 0.0433. The van der Waals surface area contributed by atoms with Gasteiger partial charge in [0.05, 0.1) is 13.2 Å². The highest BCUT2D eigenvalue weighted by atomic mass is 16.5. The largest absolute Gasteiger partial charge is 0.494 e. The van der Waals surface area contributed by atoms with Gasteiger partial charge in [0.1, 0.15) is 11.4 Å². The number of aromatic nitrogens is 3. The highest BCUT2D eigenvalue weighted by molar-refractivity contribution is 5.96. The number of para-hydroxylation sites is 2. The number of nitrogens with zero attached hydrogens (tertiary/aromatic N) is 3. The van der Waals surface area contributed by atoms with E-state index in [4.69, 9.17) is 10.5 Å². The van der Waals surface area contributed by atoms with E-state index in [0.29, 0.717) is 11.4 Å². The third-order valence-electron chi connectivity index (χ3n) is 4.91. The summed E-state index contributed by atoms with van der Waals surface area (Å²) >= 11 is 0. The van der Waals surface area contributed by atoms with Gasteiger partial charge in [0.2, 0.25) is 0 Å². The topological polar surface area (TPSA) is 95.1 Å². The van der Waals surface area contributed by atoms with Crippen LogP contribution in [0.25, 0.3) is 5.69 Å². The molecule has 0 bridgehead atoms. The Morgan fingerprint density at radius 1 is 1.22 bits per heavy atom. The van der Waals surface area contributed by atoms with E-state index in [9.17, 15) is 4.79 Å². The molecule has 0 spiro atoms. The average Bonchev–Trinajstić information content (AvgIpc) is 3.09. The number of amides is 1. The number of nitrogen functional groups attached to an aromatic ring is 1. The first-order valence-electron chi connectivity index (χ1n) is 8.92. The number of hydrogen-bond acceptors (Lipinski definition) is 5. The normalized spacial score (nSPS) is 15.8. The van der Waals surface area contributed by atoms with E-state index in [2.05, 4.69) is 27.8 Å². The van der Waals surface area contributed by atoms with E-state index in [0.717, 1.165) is 24.8 Å². The first kappa shape index (κ1) is 17.1. The van der Waals surface area contributed by atoms with Crippen molar-refractivity contribution in [3.05, 3.63) is 65.4 Å². The second-order valence-electron chi connectivity index (χ2n) is 6.52. The van der Waals surface area contributed by atoms with Crippen LogP contribution in [0.3, 0.4) is 0 Å². The van der Waals surface area contributed by atoms with Crippen molar-refractivity contribution in [2.75, 3.05) is 12.8 Å². The summed E-state index contributed by atoms with van der Waals surface area (Å²) in [5, 5.41) is 11.1. The lowest BCUT2D eigenvalue weighted by molar-refractivity contribution is 0.0928. The van der Waals surface area contributed by atoms with Gasteiger partial charge < -0.3 is 15.8 Å². The lowest BCUT2D eigenvalue weighted by atomic mass is 9.87. The monoisotopic (exact) mass is 363 g/mol. The summed E-state index contributed by atoms with van der Waals surface area (Å²) in [6, 6.07) is 15.5. The fourth-order valence-corrected chi connectivity index (χ4v) is 3.56. The van der Waals surface area contributed by atoms with Gasteiger partial charge in [-0.1, -0.05) is 41.6 Å². The lowest BCUT2D eigenvalue weighted by Gasteiger charge is -2.26. The van der Waals surface area contributed by atoms with Crippen molar-refractivity contribution in [2.24, 2.45) is 0 Å². The number of nitrogens with one attached hydrogen (secondary N) is 1. The molecular formula is C20H21N5O2. The summed E-state index contributed by atoms with van der Waals surface area (Å²) in [5.74, 6) is 0.457. The minimum Gasteiger partial charge on any atom is -0.494 e. The van der Waals surface area contributed by atoms with E-state index in [1.807, 2.05) is 30.3 Å². The molecule has 1 atom stereocenters. The number of hydrogen-bond donors (Lipinski definition) is 2. The number of carbonyl (C=O) groups excluding carboxylic acids is 1. The number of benzene rings is 2. The molecule has 2 aromatic carbocycles. The number of nitrogens with two attached hydrogens (primary N) is 1. The van der Waals surface area contributed by atoms with Crippen LogP contribution in [0.2, 0.25) is 0 Å². The van der Waals surface area contributed by atoms with Crippen molar-refractivity contribution in [3.8, 4) is 11.4 Å². The summed E-state index contributed by atoms with van der Waals surface area (Å²) < 4.78 is 6.76. The molecule has 1 heterocycles. The molecule has 1 aliphatic rings. The van der Waals surface area contributed by atoms with Gasteiger partial charge in [-0.05, 0) is 42.5 Å². The van der Waals surface area contributed by atoms with Crippen LogP contribution in [0.15, 0.2) is 48.5 Å². The Hall–Kier alpha value is -3.35. The number of aryl methyl sites for hydroxylation is 1. The van der Waals surface area contributed by atoms with Crippen LogP contribution in [0, 0.1) is 0 Å². The molecule has 1 aliphatic carbocycles. The number of fused-ring (bicyclic) bond motifs is 1. The molecule has 7 nitrogen and oxygen atoms in total. The summed E-state index contributed by atoms with van der Waals surface area (Å²) in [7, 11) is 1.57. The Labute approximate surface area is 157 Å². The van der Waals surface area contributed by atoms with Gasteiger partial charge in [0.25, 0.3) is 5.91 Å². The summed E-state index contributed by atoms with van der Waals surface area (Å²) in [4.78, 5) is 12.8. The number of methoxy groups -OCH3 is 1. The average molecular weight is 363 g/mol. The summed E-state index contributed by atoms with van der Waals surface area (Å²) in [6.07, 6.45) is 2.96. The Balaban J connectivity index is 1.60. The second-order valence-corrected chi connectivity index (χ2v) is 6.52. The lowest BCUT2D eigenvalue weighted by Crippen LogP contribution is -2.31. The van der Waals surface area contributed by atoms with Gasteiger partial charge in [0.15, 0.2) is 11.5 Å². The van der Waals surface area contributed by atoms with Crippen molar-refractivity contribution >= 4 is 11.7 Å².